The van der Waals surface area contributed by atoms with E-state index in [0.717, 1.165) is 17.7 Å². The van der Waals surface area contributed by atoms with Gasteiger partial charge in [-0.2, -0.15) is 13.2 Å². The van der Waals surface area contributed by atoms with Crippen molar-refractivity contribution < 1.29 is 13.2 Å². The molecule has 1 heterocycles. The van der Waals surface area contributed by atoms with Gasteiger partial charge in [0, 0.05) is 17.1 Å². The molecule has 0 aliphatic heterocycles. The molecular weight excluding hydrogens is 369 g/mol. The molecule has 2 N–H and O–H groups in total. The molecule has 3 aromatic rings. The van der Waals surface area contributed by atoms with Crippen LogP contribution in [0.25, 0.3) is 0 Å². The maximum absolute atomic E-state index is 12.5. The molecule has 0 radical (unpaired) electrons. The van der Waals surface area contributed by atoms with E-state index in [1.54, 1.807) is 24.3 Å². The lowest BCUT2D eigenvalue weighted by Crippen LogP contribution is -2.18. The number of anilines is 2. The van der Waals surface area contributed by atoms with Gasteiger partial charge in [0.25, 0.3) is 5.56 Å². The molecule has 1 aromatic heterocycles. The van der Waals surface area contributed by atoms with E-state index in [9.17, 15) is 18.0 Å². The zero-order valence-corrected chi connectivity index (χ0v) is 13.9. The topological polar surface area (TPSA) is 70.7 Å². The van der Waals surface area contributed by atoms with E-state index in [1.165, 1.54) is 12.1 Å². The zero-order valence-electron chi connectivity index (χ0n) is 13.1. The Morgan fingerprint density at radius 1 is 1.00 bits per heavy atom. The van der Waals surface area contributed by atoms with Crippen molar-refractivity contribution >= 4 is 23.2 Å². The summed E-state index contributed by atoms with van der Waals surface area (Å²) in [4.78, 5) is 14.6. The van der Waals surface area contributed by atoms with Crippen LogP contribution >= 0.6 is 11.6 Å². The van der Waals surface area contributed by atoms with Crippen molar-refractivity contribution in [3.63, 3.8) is 0 Å². The number of hydrogen-bond acceptors (Lipinski definition) is 4. The maximum Gasteiger partial charge on any atom is 0.416 e. The lowest BCUT2D eigenvalue weighted by Gasteiger charge is -2.09. The SMILES string of the molecule is O=c1[nH]c(Nc2ccc(C(F)(F)F)cc2)nnc1Cc1ccc(Cl)cc1. The van der Waals surface area contributed by atoms with Gasteiger partial charge in [-0.3, -0.25) is 9.78 Å². The first-order valence-corrected chi connectivity index (χ1v) is 7.84. The molecule has 0 fully saturated rings. The van der Waals surface area contributed by atoms with Gasteiger partial charge in [-0.15, -0.1) is 10.2 Å². The Morgan fingerprint density at radius 2 is 1.65 bits per heavy atom. The predicted octanol–water partition coefficient (Wildman–Crippen LogP) is 4.17. The molecule has 0 saturated heterocycles. The number of aromatic nitrogens is 3. The second-order valence-electron chi connectivity index (χ2n) is 5.45. The maximum atomic E-state index is 12.5. The lowest BCUT2D eigenvalue weighted by molar-refractivity contribution is -0.137. The third-order valence-electron chi connectivity index (χ3n) is 3.52. The summed E-state index contributed by atoms with van der Waals surface area (Å²) >= 11 is 5.81. The first-order chi connectivity index (χ1) is 12.3. The smallest absolute Gasteiger partial charge is 0.324 e. The molecular formula is C17H12ClF3N4O. The third-order valence-corrected chi connectivity index (χ3v) is 3.78. The Labute approximate surface area is 150 Å². The monoisotopic (exact) mass is 380 g/mol. The average molecular weight is 381 g/mol. The highest BCUT2D eigenvalue weighted by atomic mass is 35.5. The zero-order chi connectivity index (χ0) is 18.7. The molecule has 5 nitrogen and oxygen atoms in total. The van der Waals surface area contributed by atoms with Gasteiger partial charge in [-0.1, -0.05) is 23.7 Å². The largest absolute Gasteiger partial charge is 0.416 e. The van der Waals surface area contributed by atoms with Crippen LogP contribution in [0.15, 0.2) is 53.3 Å². The van der Waals surface area contributed by atoms with E-state index in [-0.39, 0.29) is 18.1 Å². The van der Waals surface area contributed by atoms with Gasteiger partial charge >= 0.3 is 6.18 Å². The summed E-state index contributed by atoms with van der Waals surface area (Å²) in [5.41, 5.74) is 0.196. The summed E-state index contributed by atoms with van der Waals surface area (Å²) in [5.74, 6) is 0.0367. The fraction of sp³-hybridized carbons (Fsp3) is 0.118. The van der Waals surface area contributed by atoms with Crippen LogP contribution in [-0.4, -0.2) is 15.2 Å². The number of rotatable bonds is 4. The normalized spacial score (nSPS) is 11.4. The molecule has 134 valence electrons. The molecule has 0 aliphatic rings. The van der Waals surface area contributed by atoms with Crippen molar-refractivity contribution in [2.24, 2.45) is 0 Å². The van der Waals surface area contributed by atoms with Crippen LogP contribution in [0, 0.1) is 0 Å². The Kier molecular flexibility index (Phi) is 4.94. The van der Waals surface area contributed by atoms with E-state index in [1.807, 2.05) is 0 Å². The lowest BCUT2D eigenvalue weighted by atomic mass is 10.1. The second-order valence-corrected chi connectivity index (χ2v) is 5.89. The predicted molar refractivity (Wildman–Crippen MR) is 91.6 cm³/mol. The van der Waals surface area contributed by atoms with Crippen molar-refractivity contribution in [3.05, 3.63) is 80.7 Å². The number of alkyl halides is 3. The van der Waals surface area contributed by atoms with Gasteiger partial charge in [-0.05, 0) is 42.0 Å². The number of aromatic amines is 1. The second kappa shape index (κ2) is 7.17. The van der Waals surface area contributed by atoms with Gasteiger partial charge < -0.3 is 5.32 Å². The first kappa shape index (κ1) is 17.9. The van der Waals surface area contributed by atoms with Crippen LogP contribution in [0.5, 0.6) is 0 Å². The van der Waals surface area contributed by atoms with Crippen molar-refractivity contribution in [3.8, 4) is 0 Å². The Bertz CT molecular complexity index is 953. The van der Waals surface area contributed by atoms with Gasteiger partial charge in [0.2, 0.25) is 5.95 Å². The highest BCUT2D eigenvalue weighted by molar-refractivity contribution is 6.30. The highest BCUT2D eigenvalue weighted by Crippen LogP contribution is 2.30. The fourth-order valence-corrected chi connectivity index (χ4v) is 2.33. The summed E-state index contributed by atoms with van der Waals surface area (Å²) < 4.78 is 37.6. The summed E-state index contributed by atoms with van der Waals surface area (Å²) in [5, 5.41) is 11.0. The number of nitrogens with zero attached hydrogens (tertiary/aromatic N) is 2. The Balaban J connectivity index is 1.73. The number of benzene rings is 2. The molecule has 3 rings (SSSR count). The summed E-state index contributed by atoms with van der Waals surface area (Å²) in [6, 6.07) is 11.3. The molecule has 0 amide bonds. The fourth-order valence-electron chi connectivity index (χ4n) is 2.21. The number of H-pyrrole nitrogens is 1. The minimum Gasteiger partial charge on any atom is -0.324 e. The van der Waals surface area contributed by atoms with Crippen molar-refractivity contribution in [2.45, 2.75) is 12.6 Å². The minimum atomic E-state index is -4.41. The average Bonchev–Trinajstić information content (AvgIpc) is 2.59. The van der Waals surface area contributed by atoms with Gasteiger partial charge in [0.05, 0.1) is 5.56 Å². The van der Waals surface area contributed by atoms with E-state index in [0.29, 0.717) is 10.7 Å². The van der Waals surface area contributed by atoms with Crippen LogP contribution < -0.4 is 10.9 Å². The van der Waals surface area contributed by atoms with Crippen LogP contribution in [-0.2, 0) is 12.6 Å². The molecule has 26 heavy (non-hydrogen) atoms. The van der Waals surface area contributed by atoms with Gasteiger partial charge in [0.1, 0.15) is 5.69 Å². The first-order valence-electron chi connectivity index (χ1n) is 7.46. The molecule has 0 bridgehead atoms. The third kappa shape index (κ3) is 4.40. The Morgan fingerprint density at radius 3 is 2.23 bits per heavy atom. The van der Waals surface area contributed by atoms with Crippen molar-refractivity contribution in [1.29, 1.82) is 0 Å². The molecule has 0 spiro atoms. The number of hydrogen-bond donors (Lipinski definition) is 2. The number of halogens is 4. The van der Waals surface area contributed by atoms with E-state index >= 15 is 0 Å². The van der Waals surface area contributed by atoms with Crippen LogP contribution in [0.2, 0.25) is 5.02 Å². The molecule has 9 heteroatoms. The quantitative estimate of drug-likeness (QED) is 0.712. The van der Waals surface area contributed by atoms with E-state index in [4.69, 9.17) is 11.6 Å². The van der Waals surface area contributed by atoms with Crippen LogP contribution in [0.4, 0.5) is 24.8 Å². The molecule has 2 aromatic carbocycles. The van der Waals surface area contributed by atoms with Crippen LogP contribution in [0.1, 0.15) is 16.8 Å². The minimum absolute atomic E-state index is 0.0367. The standard InChI is InChI=1S/C17H12ClF3N4O/c18-12-5-1-10(2-6-12)9-14-15(26)23-16(25-24-14)22-13-7-3-11(4-8-13)17(19,20)21/h1-8H,9H2,(H2,22,23,25,26). The summed E-state index contributed by atoms with van der Waals surface area (Å²) in [6.45, 7) is 0. The molecule has 0 unspecified atom stereocenters. The Hall–Kier alpha value is -2.87. The molecule has 0 atom stereocenters. The van der Waals surface area contributed by atoms with E-state index < -0.39 is 17.3 Å². The summed E-state index contributed by atoms with van der Waals surface area (Å²) in [6.07, 6.45) is -4.13. The van der Waals surface area contributed by atoms with Gasteiger partial charge in [0.15, 0.2) is 0 Å². The van der Waals surface area contributed by atoms with E-state index in [2.05, 4.69) is 20.5 Å². The van der Waals surface area contributed by atoms with Crippen molar-refractivity contribution in [2.75, 3.05) is 5.32 Å². The van der Waals surface area contributed by atoms with Crippen molar-refractivity contribution in [1.82, 2.24) is 15.2 Å². The summed E-state index contributed by atoms with van der Waals surface area (Å²) in [7, 11) is 0. The van der Waals surface area contributed by atoms with Crippen LogP contribution in [0.3, 0.4) is 0 Å². The molecule has 0 aliphatic carbocycles. The van der Waals surface area contributed by atoms with Gasteiger partial charge in [-0.25, -0.2) is 0 Å². The molecule has 0 saturated carbocycles. The number of nitrogens with one attached hydrogen (secondary N) is 2. The highest BCUT2D eigenvalue weighted by Gasteiger charge is 2.29.